The molecule has 136 valence electrons. The molecule has 0 saturated carbocycles. The average molecular weight is 351 g/mol. The number of ether oxygens (including phenoxy) is 1. The van der Waals surface area contributed by atoms with Gasteiger partial charge >= 0.3 is 6.09 Å². The van der Waals surface area contributed by atoms with Gasteiger partial charge in [-0.1, -0.05) is 19.1 Å². The largest absolute Gasteiger partial charge is 0.444 e. The number of fused-ring (bicyclic) bond motifs is 1. The Kier molecular flexibility index (Phi) is 4.86. The van der Waals surface area contributed by atoms with Gasteiger partial charge in [-0.15, -0.1) is 0 Å². The number of nitriles is 1. The van der Waals surface area contributed by atoms with Gasteiger partial charge in [0.1, 0.15) is 17.4 Å². The maximum Gasteiger partial charge on any atom is 0.410 e. The van der Waals surface area contributed by atoms with E-state index in [0.29, 0.717) is 18.2 Å². The molecule has 1 aromatic carbocycles. The minimum absolute atomic E-state index is 0.0296. The highest BCUT2D eigenvalue weighted by molar-refractivity contribution is 5.80. The Morgan fingerprint density at radius 3 is 2.69 bits per heavy atom. The number of aromatic nitrogens is 1. The van der Waals surface area contributed by atoms with E-state index >= 15 is 0 Å². The monoisotopic (exact) mass is 351 g/mol. The fourth-order valence-corrected chi connectivity index (χ4v) is 3.43. The minimum atomic E-state index is -0.519. The highest BCUT2D eigenvalue weighted by atomic mass is 16.6. The Morgan fingerprint density at radius 2 is 2.00 bits per heavy atom. The van der Waals surface area contributed by atoms with Gasteiger partial charge in [-0.2, -0.15) is 5.26 Å². The Morgan fingerprint density at radius 1 is 1.27 bits per heavy atom. The van der Waals surface area contributed by atoms with Gasteiger partial charge in [0.15, 0.2) is 0 Å². The van der Waals surface area contributed by atoms with Crippen LogP contribution in [0, 0.1) is 17.2 Å². The number of carbonyl (C=O) groups excluding carboxylic acids is 1. The maximum absolute atomic E-state index is 12.8. The van der Waals surface area contributed by atoms with E-state index in [1.165, 1.54) is 0 Å². The fraction of sp³-hybridized carbons (Fsp3) is 0.476. The zero-order valence-corrected chi connectivity index (χ0v) is 15.8. The Labute approximate surface area is 154 Å². The van der Waals surface area contributed by atoms with Crippen LogP contribution in [0.2, 0.25) is 0 Å². The van der Waals surface area contributed by atoms with Crippen LogP contribution in [0.25, 0.3) is 10.9 Å². The van der Waals surface area contributed by atoms with E-state index in [0.717, 1.165) is 29.3 Å². The van der Waals surface area contributed by atoms with Gasteiger partial charge < -0.3 is 9.64 Å². The van der Waals surface area contributed by atoms with Crippen molar-refractivity contribution in [2.75, 3.05) is 6.54 Å². The molecule has 0 bridgehead atoms. The van der Waals surface area contributed by atoms with E-state index in [-0.39, 0.29) is 12.1 Å². The predicted octanol–water partition coefficient (Wildman–Crippen LogP) is 4.81. The van der Waals surface area contributed by atoms with Gasteiger partial charge in [0.05, 0.1) is 11.6 Å². The molecule has 0 aliphatic carbocycles. The number of hydrogen-bond acceptors (Lipinski definition) is 4. The van der Waals surface area contributed by atoms with Crippen LogP contribution >= 0.6 is 0 Å². The van der Waals surface area contributed by atoms with Crippen molar-refractivity contribution >= 4 is 17.0 Å². The van der Waals surface area contributed by atoms with Crippen LogP contribution in [0.15, 0.2) is 30.3 Å². The fourth-order valence-electron chi connectivity index (χ4n) is 3.43. The van der Waals surface area contributed by atoms with Gasteiger partial charge in [-0.05, 0) is 63.3 Å². The van der Waals surface area contributed by atoms with E-state index in [4.69, 9.17) is 10.00 Å². The molecule has 3 rings (SSSR count). The van der Waals surface area contributed by atoms with E-state index in [2.05, 4.69) is 18.0 Å². The molecule has 0 spiro atoms. The molecule has 1 aliphatic heterocycles. The second kappa shape index (κ2) is 6.95. The molecule has 2 atom stereocenters. The van der Waals surface area contributed by atoms with E-state index in [9.17, 15) is 4.79 Å². The van der Waals surface area contributed by atoms with Crippen molar-refractivity contribution in [1.29, 1.82) is 5.26 Å². The summed E-state index contributed by atoms with van der Waals surface area (Å²) in [5.41, 5.74) is 1.70. The number of likely N-dealkylation sites (tertiary alicyclic amines) is 1. The topological polar surface area (TPSA) is 66.2 Å². The van der Waals surface area contributed by atoms with Crippen molar-refractivity contribution in [3.05, 3.63) is 41.6 Å². The number of pyridine rings is 1. The molecule has 5 nitrogen and oxygen atoms in total. The van der Waals surface area contributed by atoms with Crippen molar-refractivity contribution < 1.29 is 9.53 Å². The smallest absolute Gasteiger partial charge is 0.410 e. The van der Waals surface area contributed by atoms with Gasteiger partial charge in [-0.3, -0.25) is 0 Å². The summed E-state index contributed by atoms with van der Waals surface area (Å²) in [6.45, 7) is 8.50. The highest BCUT2D eigenvalue weighted by Gasteiger charge is 2.34. The molecule has 0 N–H and O–H groups in total. The van der Waals surface area contributed by atoms with E-state index < -0.39 is 5.60 Å². The third-order valence-electron chi connectivity index (χ3n) is 4.66. The first kappa shape index (κ1) is 18.2. The van der Waals surface area contributed by atoms with Crippen LogP contribution in [-0.4, -0.2) is 28.1 Å². The number of rotatable bonds is 1. The molecule has 1 aliphatic rings. The Balaban J connectivity index is 1.95. The normalized spacial score (nSPS) is 20.7. The Bertz CT molecular complexity index is 864. The first-order valence-electron chi connectivity index (χ1n) is 9.07. The van der Waals surface area contributed by atoms with Crippen molar-refractivity contribution in [3.63, 3.8) is 0 Å². The molecule has 0 unspecified atom stereocenters. The number of benzene rings is 1. The third kappa shape index (κ3) is 3.96. The lowest BCUT2D eigenvalue weighted by molar-refractivity contribution is 0.00365. The summed E-state index contributed by atoms with van der Waals surface area (Å²) >= 11 is 0. The number of carbonyl (C=O) groups is 1. The molecule has 0 radical (unpaired) electrons. The van der Waals surface area contributed by atoms with Crippen LogP contribution in [-0.2, 0) is 4.74 Å². The van der Waals surface area contributed by atoms with Crippen molar-refractivity contribution in [2.24, 2.45) is 5.92 Å². The molecule has 1 fully saturated rings. The van der Waals surface area contributed by atoms with Crippen LogP contribution < -0.4 is 0 Å². The second-order valence-corrected chi connectivity index (χ2v) is 8.09. The molecule has 1 amide bonds. The lowest BCUT2D eigenvalue weighted by Crippen LogP contribution is -2.44. The molecule has 2 aromatic rings. The lowest BCUT2D eigenvalue weighted by atomic mass is 9.90. The van der Waals surface area contributed by atoms with Crippen molar-refractivity contribution in [2.45, 2.75) is 52.2 Å². The molecule has 26 heavy (non-hydrogen) atoms. The zero-order chi connectivity index (χ0) is 18.9. The summed E-state index contributed by atoms with van der Waals surface area (Å²) in [6, 6.07) is 11.7. The number of hydrogen-bond donors (Lipinski definition) is 0. The number of nitrogens with zero attached hydrogens (tertiary/aromatic N) is 3. The van der Waals surface area contributed by atoms with Gasteiger partial charge in [0, 0.05) is 11.9 Å². The Hall–Kier alpha value is -2.61. The number of amides is 1. The lowest BCUT2D eigenvalue weighted by Gasteiger charge is -2.39. The maximum atomic E-state index is 12.8. The van der Waals surface area contributed by atoms with Gasteiger partial charge in [-0.25, -0.2) is 9.78 Å². The quantitative estimate of drug-likeness (QED) is 0.739. The molecule has 1 aromatic heterocycles. The molecular weight excluding hydrogens is 326 g/mol. The SMILES string of the molecule is C[C@H]1CC[C@H](c2ccc3ccc(C#N)nc3c2)N(C(=O)OC(C)(C)C)C1. The van der Waals surface area contributed by atoms with Gasteiger partial charge in [0.25, 0.3) is 0 Å². The summed E-state index contributed by atoms with van der Waals surface area (Å²) < 4.78 is 5.63. The van der Waals surface area contributed by atoms with E-state index in [1.54, 1.807) is 6.07 Å². The third-order valence-corrected chi connectivity index (χ3v) is 4.66. The summed E-state index contributed by atoms with van der Waals surface area (Å²) in [7, 11) is 0. The molecule has 2 heterocycles. The minimum Gasteiger partial charge on any atom is -0.444 e. The van der Waals surface area contributed by atoms with Crippen LogP contribution in [0.5, 0.6) is 0 Å². The molecular formula is C21H25N3O2. The summed E-state index contributed by atoms with van der Waals surface area (Å²) in [6.07, 6.45) is 1.69. The molecule has 5 heteroatoms. The first-order valence-corrected chi connectivity index (χ1v) is 9.07. The summed E-state index contributed by atoms with van der Waals surface area (Å²) in [4.78, 5) is 19.0. The summed E-state index contributed by atoms with van der Waals surface area (Å²) in [5, 5.41) is 10.1. The molecule has 1 saturated heterocycles. The van der Waals surface area contributed by atoms with Crippen molar-refractivity contribution in [3.8, 4) is 6.07 Å². The second-order valence-electron chi connectivity index (χ2n) is 8.09. The highest BCUT2D eigenvalue weighted by Crippen LogP contribution is 2.35. The number of piperidine rings is 1. The van der Waals surface area contributed by atoms with E-state index in [1.807, 2.05) is 49.9 Å². The van der Waals surface area contributed by atoms with Crippen molar-refractivity contribution in [1.82, 2.24) is 9.88 Å². The first-order chi connectivity index (χ1) is 12.3. The van der Waals surface area contributed by atoms with Crippen LogP contribution in [0.3, 0.4) is 0 Å². The summed E-state index contributed by atoms with van der Waals surface area (Å²) in [5.74, 6) is 0.447. The standard InChI is InChI=1S/C21H25N3O2/c1-14-5-10-19(24(13-14)20(25)26-21(2,3)4)16-7-6-15-8-9-17(12-22)23-18(15)11-16/h6-9,11,14,19H,5,10,13H2,1-4H3/t14-,19+/m0/s1. The van der Waals surface area contributed by atoms with Crippen LogP contribution in [0.1, 0.15) is 57.8 Å². The average Bonchev–Trinajstić information content (AvgIpc) is 2.59. The predicted molar refractivity (Wildman–Crippen MR) is 101 cm³/mol. The zero-order valence-electron chi connectivity index (χ0n) is 15.8. The van der Waals surface area contributed by atoms with Gasteiger partial charge in [0.2, 0.25) is 0 Å². The van der Waals surface area contributed by atoms with Crippen LogP contribution in [0.4, 0.5) is 4.79 Å².